The second kappa shape index (κ2) is 3.07. The highest BCUT2D eigenvalue weighted by molar-refractivity contribution is 5.36. The Labute approximate surface area is 71.4 Å². The van der Waals surface area contributed by atoms with Gasteiger partial charge in [-0.2, -0.15) is 0 Å². The Morgan fingerprint density at radius 1 is 1.33 bits per heavy atom. The van der Waals surface area contributed by atoms with Crippen molar-refractivity contribution >= 4 is 12.2 Å². The van der Waals surface area contributed by atoms with Gasteiger partial charge in [0, 0.05) is 12.7 Å². The molecule has 0 atom stereocenters. The fourth-order valence-corrected chi connectivity index (χ4v) is 1.44. The lowest BCUT2D eigenvalue weighted by Crippen LogP contribution is -2.30. The Kier molecular flexibility index (Phi) is 1.92. The fraction of sp³-hybridized carbons (Fsp3) is 0.300. The van der Waals surface area contributed by atoms with Crippen LogP contribution in [0.3, 0.4) is 0 Å². The summed E-state index contributed by atoms with van der Waals surface area (Å²) in [5.74, 6) is 0. The van der Waals surface area contributed by atoms with Crippen molar-refractivity contribution in [3.63, 3.8) is 0 Å². The number of pyridine rings is 1. The van der Waals surface area contributed by atoms with Crippen LogP contribution in [0.2, 0.25) is 0 Å². The van der Waals surface area contributed by atoms with Crippen LogP contribution in [0.5, 0.6) is 0 Å². The molecule has 12 heavy (non-hydrogen) atoms. The van der Waals surface area contributed by atoms with E-state index in [1.807, 2.05) is 6.20 Å². The molecule has 0 aliphatic heterocycles. The van der Waals surface area contributed by atoms with Crippen LogP contribution in [0.15, 0.2) is 12.3 Å². The molecular weight excluding hydrogens is 148 g/mol. The van der Waals surface area contributed by atoms with Gasteiger partial charge in [-0.15, -0.1) is 0 Å². The van der Waals surface area contributed by atoms with Crippen LogP contribution in [0.25, 0.3) is 12.2 Å². The first-order valence-corrected chi connectivity index (χ1v) is 4.25. The summed E-state index contributed by atoms with van der Waals surface area (Å²) in [7, 11) is 0. The van der Waals surface area contributed by atoms with Crippen molar-refractivity contribution in [2.75, 3.05) is 0 Å². The highest BCUT2D eigenvalue weighted by atomic mass is 14.7. The normalized spacial score (nSPS) is 14.4. The molecule has 2 heteroatoms. The molecule has 0 saturated heterocycles. The van der Waals surface area contributed by atoms with Crippen molar-refractivity contribution in [1.29, 1.82) is 0 Å². The number of hydrogen-bond acceptors (Lipinski definition) is 2. The average molecular weight is 160 g/mol. The Morgan fingerprint density at radius 3 is 3.00 bits per heavy atom. The molecule has 2 nitrogen and oxygen atoms in total. The first-order valence-electron chi connectivity index (χ1n) is 4.25. The average Bonchev–Trinajstić information content (AvgIpc) is 2.17. The smallest absolute Gasteiger partial charge is 0.0659 e. The highest BCUT2D eigenvalue weighted by Gasteiger charge is 1.95. The molecule has 1 aliphatic carbocycles. The number of nitrogens with two attached hydrogens (primary N) is 1. The molecule has 0 saturated carbocycles. The third-order valence-electron chi connectivity index (χ3n) is 2.11. The number of fused-ring (bicyclic) bond motifs is 1. The van der Waals surface area contributed by atoms with Gasteiger partial charge in [0.1, 0.15) is 0 Å². The molecule has 1 aromatic heterocycles. The third kappa shape index (κ3) is 1.25. The molecule has 0 unspecified atom stereocenters. The zero-order chi connectivity index (χ0) is 8.39. The maximum Gasteiger partial charge on any atom is 0.0659 e. The van der Waals surface area contributed by atoms with E-state index in [2.05, 4.69) is 23.2 Å². The SMILES string of the molecule is NCc1cnc2c(c1)=CCCC=2. The minimum atomic E-state index is 0.577. The molecule has 2 rings (SSSR count). The fourth-order valence-electron chi connectivity index (χ4n) is 1.44. The standard InChI is InChI=1S/C10H12N2/c11-6-8-5-9-3-1-2-4-10(9)12-7-8/h3-5,7H,1-2,6,11H2. The van der Waals surface area contributed by atoms with Gasteiger partial charge in [0.15, 0.2) is 0 Å². The van der Waals surface area contributed by atoms with Gasteiger partial charge in [0.2, 0.25) is 0 Å². The van der Waals surface area contributed by atoms with Crippen LogP contribution >= 0.6 is 0 Å². The van der Waals surface area contributed by atoms with E-state index in [-0.39, 0.29) is 0 Å². The van der Waals surface area contributed by atoms with E-state index in [0.717, 1.165) is 23.8 Å². The van der Waals surface area contributed by atoms with E-state index in [4.69, 9.17) is 5.73 Å². The summed E-state index contributed by atoms with van der Waals surface area (Å²) in [6.45, 7) is 0.577. The Morgan fingerprint density at radius 2 is 2.17 bits per heavy atom. The summed E-state index contributed by atoms with van der Waals surface area (Å²) in [6.07, 6.45) is 8.50. The van der Waals surface area contributed by atoms with Gasteiger partial charge in [-0.1, -0.05) is 12.2 Å². The number of rotatable bonds is 1. The van der Waals surface area contributed by atoms with Crippen LogP contribution in [0, 0.1) is 0 Å². The summed E-state index contributed by atoms with van der Waals surface area (Å²) in [5.41, 5.74) is 6.63. The van der Waals surface area contributed by atoms with E-state index >= 15 is 0 Å². The number of nitrogens with zero attached hydrogens (tertiary/aromatic N) is 1. The van der Waals surface area contributed by atoms with E-state index in [1.165, 1.54) is 5.22 Å². The molecule has 0 amide bonds. The predicted molar refractivity (Wildman–Crippen MR) is 49.5 cm³/mol. The van der Waals surface area contributed by atoms with Crippen molar-refractivity contribution in [2.45, 2.75) is 19.4 Å². The summed E-state index contributed by atoms with van der Waals surface area (Å²) in [5, 5.41) is 2.35. The molecule has 0 radical (unpaired) electrons. The van der Waals surface area contributed by atoms with Gasteiger partial charge >= 0.3 is 0 Å². The molecule has 0 aromatic carbocycles. The third-order valence-corrected chi connectivity index (χ3v) is 2.11. The summed E-state index contributed by atoms with van der Waals surface area (Å²) in [4.78, 5) is 4.32. The van der Waals surface area contributed by atoms with Crippen molar-refractivity contribution < 1.29 is 0 Å². The van der Waals surface area contributed by atoms with E-state index < -0.39 is 0 Å². The molecule has 0 bridgehead atoms. The summed E-state index contributed by atoms with van der Waals surface area (Å²) >= 11 is 0. The minimum absolute atomic E-state index is 0.577. The Balaban J connectivity index is 2.65. The van der Waals surface area contributed by atoms with Gasteiger partial charge in [-0.25, -0.2) is 0 Å². The van der Waals surface area contributed by atoms with E-state index in [1.54, 1.807) is 0 Å². The van der Waals surface area contributed by atoms with Crippen molar-refractivity contribution in [3.05, 3.63) is 28.4 Å². The zero-order valence-corrected chi connectivity index (χ0v) is 6.96. The van der Waals surface area contributed by atoms with E-state index in [9.17, 15) is 0 Å². The van der Waals surface area contributed by atoms with Gasteiger partial charge in [-0.3, -0.25) is 4.98 Å². The quantitative estimate of drug-likeness (QED) is 0.623. The van der Waals surface area contributed by atoms with Crippen LogP contribution in [-0.4, -0.2) is 4.98 Å². The van der Waals surface area contributed by atoms with Gasteiger partial charge in [0.25, 0.3) is 0 Å². The second-order valence-corrected chi connectivity index (χ2v) is 3.01. The largest absolute Gasteiger partial charge is 0.326 e. The number of hydrogen-bond donors (Lipinski definition) is 1. The van der Waals surface area contributed by atoms with Crippen LogP contribution in [0.4, 0.5) is 0 Å². The van der Waals surface area contributed by atoms with Gasteiger partial charge in [-0.05, 0) is 29.7 Å². The topological polar surface area (TPSA) is 38.9 Å². The van der Waals surface area contributed by atoms with Crippen molar-refractivity contribution in [2.24, 2.45) is 5.73 Å². The molecule has 0 fully saturated rings. The maximum atomic E-state index is 5.52. The maximum absolute atomic E-state index is 5.52. The Bertz CT molecular complexity index is 393. The molecule has 1 heterocycles. The summed E-state index contributed by atoms with van der Waals surface area (Å²) < 4.78 is 0. The lowest BCUT2D eigenvalue weighted by molar-refractivity contribution is 1.01. The first-order chi connectivity index (χ1) is 5.90. The monoisotopic (exact) mass is 160 g/mol. The lowest BCUT2D eigenvalue weighted by atomic mass is 10.1. The molecule has 1 aromatic rings. The van der Waals surface area contributed by atoms with Crippen LogP contribution in [0.1, 0.15) is 18.4 Å². The second-order valence-electron chi connectivity index (χ2n) is 3.01. The molecular formula is C10H12N2. The van der Waals surface area contributed by atoms with Gasteiger partial charge in [0.05, 0.1) is 5.35 Å². The lowest BCUT2D eigenvalue weighted by Gasteiger charge is -2.00. The highest BCUT2D eigenvalue weighted by Crippen LogP contribution is 1.95. The Hall–Kier alpha value is -1.15. The molecule has 1 aliphatic rings. The van der Waals surface area contributed by atoms with Crippen LogP contribution < -0.4 is 16.3 Å². The van der Waals surface area contributed by atoms with Crippen molar-refractivity contribution in [3.8, 4) is 0 Å². The number of aromatic nitrogens is 1. The molecule has 2 N–H and O–H groups in total. The predicted octanol–water partition coefficient (Wildman–Crippen LogP) is -0.105. The minimum Gasteiger partial charge on any atom is -0.326 e. The zero-order valence-electron chi connectivity index (χ0n) is 6.96. The van der Waals surface area contributed by atoms with E-state index in [0.29, 0.717) is 6.54 Å². The van der Waals surface area contributed by atoms with Gasteiger partial charge < -0.3 is 5.73 Å². The van der Waals surface area contributed by atoms with Crippen LogP contribution in [-0.2, 0) is 6.54 Å². The molecule has 62 valence electrons. The van der Waals surface area contributed by atoms with Crippen molar-refractivity contribution in [1.82, 2.24) is 4.98 Å². The first kappa shape index (κ1) is 7.50. The molecule has 0 spiro atoms. The summed E-state index contributed by atoms with van der Waals surface area (Å²) in [6, 6.07) is 2.12.